The Kier molecular flexibility index (Phi) is 7.88. The lowest BCUT2D eigenvalue weighted by molar-refractivity contribution is -0.151. The standard InChI is InChI=1S/C13H27NO2S/c1-7-14-10(2)8-11(3)17-9-12(15)16-13(4,5)6/h10-11,14H,7-9H2,1-6H3. The van der Waals surface area contributed by atoms with Crippen LogP contribution in [-0.4, -0.2) is 35.2 Å². The topological polar surface area (TPSA) is 38.3 Å². The fourth-order valence-electron chi connectivity index (χ4n) is 1.58. The zero-order valence-electron chi connectivity index (χ0n) is 12.0. The van der Waals surface area contributed by atoms with E-state index in [0.29, 0.717) is 17.0 Å². The van der Waals surface area contributed by atoms with Crippen LogP contribution in [0, 0.1) is 0 Å². The minimum Gasteiger partial charge on any atom is -0.459 e. The highest BCUT2D eigenvalue weighted by molar-refractivity contribution is 8.00. The molecule has 0 aromatic rings. The van der Waals surface area contributed by atoms with Gasteiger partial charge in [-0.05, 0) is 40.7 Å². The third-order valence-corrected chi connectivity index (χ3v) is 3.31. The molecule has 1 N–H and O–H groups in total. The van der Waals surface area contributed by atoms with Crippen molar-refractivity contribution in [2.75, 3.05) is 12.3 Å². The molecule has 2 unspecified atom stereocenters. The summed E-state index contributed by atoms with van der Waals surface area (Å²) in [6.07, 6.45) is 1.07. The summed E-state index contributed by atoms with van der Waals surface area (Å²) in [4.78, 5) is 11.5. The highest BCUT2D eigenvalue weighted by atomic mass is 32.2. The Morgan fingerprint density at radius 2 is 1.94 bits per heavy atom. The van der Waals surface area contributed by atoms with Crippen LogP contribution in [0.3, 0.4) is 0 Å². The molecule has 0 aliphatic rings. The van der Waals surface area contributed by atoms with Crippen molar-refractivity contribution in [3.63, 3.8) is 0 Å². The Balaban J connectivity index is 3.76. The van der Waals surface area contributed by atoms with Gasteiger partial charge in [0.2, 0.25) is 0 Å². The number of nitrogens with one attached hydrogen (secondary N) is 1. The molecule has 0 saturated heterocycles. The number of thioether (sulfide) groups is 1. The zero-order chi connectivity index (χ0) is 13.5. The van der Waals surface area contributed by atoms with Crippen molar-refractivity contribution in [1.29, 1.82) is 0 Å². The molecule has 17 heavy (non-hydrogen) atoms. The Bertz CT molecular complexity index is 226. The summed E-state index contributed by atoms with van der Waals surface area (Å²) in [5.41, 5.74) is -0.377. The van der Waals surface area contributed by atoms with Crippen LogP contribution in [-0.2, 0) is 9.53 Å². The van der Waals surface area contributed by atoms with Crippen LogP contribution in [0.1, 0.15) is 48.0 Å². The normalized spacial score (nSPS) is 15.4. The molecule has 3 nitrogen and oxygen atoms in total. The van der Waals surface area contributed by atoms with Crippen molar-refractivity contribution >= 4 is 17.7 Å². The Hall–Kier alpha value is -0.220. The van der Waals surface area contributed by atoms with Gasteiger partial charge in [0.05, 0.1) is 5.75 Å². The molecule has 0 aromatic heterocycles. The molecule has 0 spiro atoms. The average molecular weight is 261 g/mol. The molecule has 0 bridgehead atoms. The molecule has 4 heteroatoms. The second-order valence-corrected chi connectivity index (χ2v) is 6.83. The fourth-order valence-corrected chi connectivity index (χ4v) is 2.48. The van der Waals surface area contributed by atoms with Gasteiger partial charge in [0.25, 0.3) is 0 Å². The lowest BCUT2D eigenvalue weighted by atomic mass is 10.2. The number of esters is 1. The zero-order valence-corrected chi connectivity index (χ0v) is 12.8. The smallest absolute Gasteiger partial charge is 0.316 e. The first kappa shape index (κ1) is 16.8. The number of ether oxygens (including phenoxy) is 1. The fraction of sp³-hybridized carbons (Fsp3) is 0.923. The molecule has 0 heterocycles. The van der Waals surface area contributed by atoms with Gasteiger partial charge in [-0.25, -0.2) is 0 Å². The van der Waals surface area contributed by atoms with Gasteiger partial charge in [0.15, 0.2) is 0 Å². The van der Waals surface area contributed by atoms with E-state index in [9.17, 15) is 4.79 Å². The number of carbonyl (C=O) groups excluding carboxylic acids is 1. The van der Waals surface area contributed by atoms with Crippen molar-refractivity contribution in [2.45, 2.75) is 64.9 Å². The van der Waals surface area contributed by atoms with Gasteiger partial charge in [-0.1, -0.05) is 13.8 Å². The summed E-state index contributed by atoms with van der Waals surface area (Å²) in [6.45, 7) is 13.1. The van der Waals surface area contributed by atoms with E-state index >= 15 is 0 Å². The summed E-state index contributed by atoms with van der Waals surface area (Å²) in [7, 11) is 0. The second kappa shape index (κ2) is 7.98. The molecule has 0 amide bonds. The predicted octanol–water partition coefficient (Wildman–Crippen LogP) is 2.84. The Labute approximate surface area is 110 Å². The molecule has 0 aliphatic carbocycles. The third kappa shape index (κ3) is 10.6. The van der Waals surface area contributed by atoms with Gasteiger partial charge >= 0.3 is 5.97 Å². The molecule has 0 aromatic carbocycles. The van der Waals surface area contributed by atoms with E-state index in [-0.39, 0.29) is 11.6 Å². The van der Waals surface area contributed by atoms with E-state index in [2.05, 4.69) is 26.1 Å². The number of rotatable bonds is 7. The van der Waals surface area contributed by atoms with Gasteiger partial charge in [-0.15, -0.1) is 11.8 Å². The van der Waals surface area contributed by atoms with E-state index in [1.54, 1.807) is 11.8 Å². The molecular formula is C13H27NO2S. The maximum absolute atomic E-state index is 11.5. The second-order valence-electron chi connectivity index (χ2n) is 5.40. The highest BCUT2D eigenvalue weighted by Gasteiger charge is 2.17. The van der Waals surface area contributed by atoms with Gasteiger partial charge < -0.3 is 10.1 Å². The van der Waals surface area contributed by atoms with E-state index in [4.69, 9.17) is 4.74 Å². The van der Waals surface area contributed by atoms with Crippen LogP contribution in [0.5, 0.6) is 0 Å². The van der Waals surface area contributed by atoms with Crippen LogP contribution in [0.2, 0.25) is 0 Å². The predicted molar refractivity (Wildman–Crippen MR) is 75.5 cm³/mol. The molecule has 2 atom stereocenters. The minimum absolute atomic E-state index is 0.120. The van der Waals surface area contributed by atoms with Crippen molar-refractivity contribution in [3.8, 4) is 0 Å². The van der Waals surface area contributed by atoms with E-state index < -0.39 is 0 Å². The first-order valence-electron chi connectivity index (χ1n) is 6.31. The van der Waals surface area contributed by atoms with E-state index in [0.717, 1.165) is 13.0 Å². The number of hydrogen-bond donors (Lipinski definition) is 1. The number of carbonyl (C=O) groups is 1. The van der Waals surface area contributed by atoms with Crippen molar-refractivity contribution in [1.82, 2.24) is 5.32 Å². The Morgan fingerprint density at radius 1 is 1.35 bits per heavy atom. The van der Waals surface area contributed by atoms with E-state index in [1.807, 2.05) is 20.8 Å². The molecule has 102 valence electrons. The minimum atomic E-state index is -0.377. The number of hydrogen-bond acceptors (Lipinski definition) is 4. The van der Waals surface area contributed by atoms with Crippen molar-refractivity contribution < 1.29 is 9.53 Å². The summed E-state index contributed by atoms with van der Waals surface area (Å²) < 4.78 is 5.27. The first-order valence-corrected chi connectivity index (χ1v) is 7.36. The van der Waals surface area contributed by atoms with Crippen LogP contribution in [0.15, 0.2) is 0 Å². The first-order chi connectivity index (χ1) is 7.74. The summed E-state index contributed by atoms with van der Waals surface area (Å²) in [5, 5.41) is 3.84. The van der Waals surface area contributed by atoms with Crippen LogP contribution >= 0.6 is 11.8 Å². The lowest BCUT2D eigenvalue weighted by Gasteiger charge is -2.21. The van der Waals surface area contributed by atoms with Crippen LogP contribution in [0.4, 0.5) is 0 Å². The maximum atomic E-state index is 11.5. The van der Waals surface area contributed by atoms with E-state index in [1.165, 1.54) is 0 Å². The third-order valence-electron chi connectivity index (χ3n) is 2.14. The van der Waals surface area contributed by atoms with Crippen molar-refractivity contribution in [3.05, 3.63) is 0 Å². The summed E-state index contributed by atoms with van der Waals surface area (Å²) in [6, 6.07) is 0.501. The Morgan fingerprint density at radius 3 is 2.41 bits per heavy atom. The lowest BCUT2D eigenvalue weighted by Crippen LogP contribution is -2.29. The maximum Gasteiger partial charge on any atom is 0.316 e. The summed E-state index contributed by atoms with van der Waals surface area (Å²) in [5.74, 6) is 0.322. The molecular weight excluding hydrogens is 234 g/mol. The SMILES string of the molecule is CCNC(C)CC(C)SCC(=O)OC(C)(C)C. The average Bonchev–Trinajstić information content (AvgIpc) is 2.12. The highest BCUT2D eigenvalue weighted by Crippen LogP contribution is 2.17. The quantitative estimate of drug-likeness (QED) is 0.715. The summed E-state index contributed by atoms with van der Waals surface area (Å²) >= 11 is 1.66. The van der Waals surface area contributed by atoms with Crippen molar-refractivity contribution in [2.24, 2.45) is 0 Å². The largest absolute Gasteiger partial charge is 0.459 e. The van der Waals surface area contributed by atoms with Gasteiger partial charge in [-0.2, -0.15) is 0 Å². The molecule has 0 rings (SSSR count). The van der Waals surface area contributed by atoms with Gasteiger partial charge in [0.1, 0.15) is 5.60 Å². The monoisotopic (exact) mass is 261 g/mol. The molecule has 0 aliphatic heterocycles. The van der Waals surface area contributed by atoms with Crippen LogP contribution in [0.25, 0.3) is 0 Å². The van der Waals surface area contributed by atoms with Gasteiger partial charge in [-0.3, -0.25) is 4.79 Å². The molecule has 0 radical (unpaired) electrons. The van der Waals surface area contributed by atoms with Gasteiger partial charge in [0, 0.05) is 11.3 Å². The van der Waals surface area contributed by atoms with Crippen LogP contribution < -0.4 is 5.32 Å². The molecule has 0 saturated carbocycles. The molecule has 0 fully saturated rings.